The molecule has 0 aliphatic carbocycles. The molecule has 1 aromatic carbocycles. The Labute approximate surface area is 169 Å². The Kier molecular flexibility index (Phi) is 5.10. The first kappa shape index (κ1) is 19.5. The first-order valence-electron chi connectivity index (χ1n) is 9.33. The monoisotopic (exact) mass is 414 g/mol. The molecule has 2 aromatic heterocycles. The van der Waals surface area contributed by atoms with Crippen molar-refractivity contribution in [2.24, 2.45) is 0 Å². The minimum atomic E-state index is -3.70. The number of aryl methyl sites for hydroxylation is 2. The van der Waals surface area contributed by atoms with Gasteiger partial charge in [-0.3, -0.25) is 0 Å². The molecule has 1 fully saturated rings. The van der Waals surface area contributed by atoms with Gasteiger partial charge < -0.3 is 9.26 Å². The van der Waals surface area contributed by atoms with Crippen LogP contribution in [0, 0.1) is 13.8 Å². The molecule has 3 aromatic rings. The van der Waals surface area contributed by atoms with E-state index < -0.39 is 16.1 Å². The molecule has 9 heteroatoms. The van der Waals surface area contributed by atoms with Crippen LogP contribution in [0.5, 0.6) is 5.75 Å². The van der Waals surface area contributed by atoms with Crippen LogP contribution >= 0.6 is 0 Å². The van der Waals surface area contributed by atoms with E-state index in [2.05, 4.69) is 15.1 Å². The number of methoxy groups -OCH3 is 1. The normalized spacial score (nSPS) is 17.6. The van der Waals surface area contributed by atoms with Gasteiger partial charge in [-0.2, -0.15) is 4.31 Å². The van der Waals surface area contributed by atoms with Gasteiger partial charge in [-0.05, 0) is 51.0 Å². The summed E-state index contributed by atoms with van der Waals surface area (Å²) < 4.78 is 38.8. The van der Waals surface area contributed by atoms with Gasteiger partial charge in [0.15, 0.2) is 5.76 Å². The molecule has 0 unspecified atom stereocenters. The maximum atomic E-state index is 13.4. The second kappa shape index (κ2) is 7.57. The molecule has 0 amide bonds. The highest BCUT2D eigenvalue weighted by molar-refractivity contribution is 7.89. The molecule has 4 rings (SSSR count). The zero-order valence-corrected chi connectivity index (χ0v) is 17.3. The van der Waals surface area contributed by atoms with Crippen LogP contribution in [0.2, 0.25) is 0 Å². The number of aromatic nitrogens is 3. The molecule has 0 saturated carbocycles. The van der Waals surface area contributed by atoms with Crippen molar-refractivity contribution >= 4 is 10.0 Å². The van der Waals surface area contributed by atoms with Crippen molar-refractivity contribution in [3.05, 3.63) is 53.7 Å². The van der Waals surface area contributed by atoms with Crippen LogP contribution in [0.15, 0.2) is 45.9 Å². The summed E-state index contributed by atoms with van der Waals surface area (Å²) in [4.78, 5) is 9.11. The Morgan fingerprint density at radius 1 is 1.21 bits per heavy atom. The summed E-state index contributed by atoms with van der Waals surface area (Å²) in [6.07, 6.45) is 3.10. The van der Waals surface area contributed by atoms with Gasteiger partial charge in [0.25, 0.3) is 0 Å². The molecule has 0 bridgehead atoms. The van der Waals surface area contributed by atoms with Gasteiger partial charge >= 0.3 is 0 Å². The summed E-state index contributed by atoms with van der Waals surface area (Å²) in [5, 5.41) is 3.94. The quantitative estimate of drug-likeness (QED) is 0.632. The lowest BCUT2D eigenvalue weighted by Gasteiger charge is -2.25. The molecule has 0 spiro atoms. The minimum absolute atomic E-state index is 0.230. The Morgan fingerprint density at radius 2 is 1.97 bits per heavy atom. The zero-order valence-electron chi connectivity index (χ0n) is 16.5. The van der Waals surface area contributed by atoms with Gasteiger partial charge in [0.05, 0.1) is 35.0 Å². The average molecular weight is 414 g/mol. The number of nitrogens with zero attached hydrogens (tertiary/aromatic N) is 4. The van der Waals surface area contributed by atoms with Crippen LogP contribution in [0.4, 0.5) is 0 Å². The lowest BCUT2D eigenvalue weighted by atomic mass is 10.0. The predicted octanol–water partition coefficient (Wildman–Crippen LogP) is 3.28. The molecule has 8 nitrogen and oxygen atoms in total. The van der Waals surface area contributed by atoms with E-state index in [9.17, 15) is 8.42 Å². The largest absolute Gasteiger partial charge is 0.497 e. The van der Waals surface area contributed by atoms with Crippen LogP contribution in [0.1, 0.15) is 36.1 Å². The number of hydrogen-bond donors (Lipinski definition) is 0. The lowest BCUT2D eigenvalue weighted by Crippen LogP contribution is -2.31. The first-order chi connectivity index (χ1) is 13.9. The predicted molar refractivity (Wildman–Crippen MR) is 106 cm³/mol. The summed E-state index contributed by atoms with van der Waals surface area (Å²) in [5.41, 5.74) is 2.04. The minimum Gasteiger partial charge on any atom is -0.497 e. The van der Waals surface area contributed by atoms with Gasteiger partial charge in [-0.1, -0.05) is 5.16 Å². The topological polar surface area (TPSA) is 98.4 Å². The first-order valence-corrected chi connectivity index (χ1v) is 10.8. The molecule has 3 heterocycles. The van der Waals surface area contributed by atoms with Crippen LogP contribution in [0.25, 0.3) is 11.3 Å². The van der Waals surface area contributed by atoms with Gasteiger partial charge in [0, 0.05) is 18.8 Å². The van der Waals surface area contributed by atoms with E-state index in [0.29, 0.717) is 41.6 Å². The third-order valence-electron chi connectivity index (χ3n) is 5.02. The summed E-state index contributed by atoms with van der Waals surface area (Å²) >= 11 is 0. The molecule has 1 atom stereocenters. The molecule has 1 saturated heterocycles. The summed E-state index contributed by atoms with van der Waals surface area (Å²) in [6, 6.07) is 7.83. The summed E-state index contributed by atoms with van der Waals surface area (Å²) in [7, 11) is -2.15. The maximum Gasteiger partial charge on any atom is 0.243 e. The number of hydrogen-bond acceptors (Lipinski definition) is 7. The molecule has 0 radical (unpaired) electrons. The van der Waals surface area contributed by atoms with E-state index >= 15 is 0 Å². The average Bonchev–Trinajstić information content (AvgIpc) is 3.37. The fourth-order valence-corrected chi connectivity index (χ4v) is 5.27. The van der Waals surface area contributed by atoms with Crippen LogP contribution in [0.3, 0.4) is 0 Å². The Hall–Kier alpha value is -2.78. The fraction of sp³-hybridized carbons (Fsp3) is 0.350. The third kappa shape index (κ3) is 3.63. The van der Waals surface area contributed by atoms with Crippen molar-refractivity contribution in [1.82, 2.24) is 19.4 Å². The van der Waals surface area contributed by atoms with Crippen molar-refractivity contribution in [2.45, 2.75) is 37.6 Å². The smallest absolute Gasteiger partial charge is 0.243 e. The number of sulfonamides is 1. The molecule has 152 valence electrons. The summed E-state index contributed by atoms with van der Waals surface area (Å²) in [5.74, 6) is 1.72. The van der Waals surface area contributed by atoms with E-state index in [1.54, 1.807) is 50.6 Å². The van der Waals surface area contributed by atoms with Crippen molar-refractivity contribution < 1.29 is 17.7 Å². The molecule has 1 aliphatic heterocycles. The van der Waals surface area contributed by atoms with Crippen molar-refractivity contribution in [3.8, 4) is 17.1 Å². The molecular formula is C20H22N4O4S. The summed E-state index contributed by atoms with van der Waals surface area (Å²) in [6.45, 7) is 4.05. The van der Waals surface area contributed by atoms with E-state index in [1.807, 2.05) is 6.92 Å². The molecule has 29 heavy (non-hydrogen) atoms. The third-order valence-corrected chi connectivity index (χ3v) is 6.94. The highest BCUT2D eigenvalue weighted by atomic mass is 32.2. The van der Waals surface area contributed by atoms with Crippen LogP contribution in [-0.4, -0.2) is 41.5 Å². The second-order valence-corrected chi connectivity index (χ2v) is 8.89. The SMILES string of the molecule is COc1ccc(S(=O)(=O)N2CCC[C@@H]2c2nc(C)ncc2-c2cc(C)no2)cc1. The van der Waals surface area contributed by atoms with Crippen molar-refractivity contribution in [3.63, 3.8) is 0 Å². The van der Waals surface area contributed by atoms with E-state index in [0.717, 1.165) is 12.1 Å². The highest BCUT2D eigenvalue weighted by Crippen LogP contribution is 2.39. The van der Waals surface area contributed by atoms with E-state index in [-0.39, 0.29) is 4.90 Å². The van der Waals surface area contributed by atoms with Gasteiger partial charge in [0.2, 0.25) is 10.0 Å². The molecular weight excluding hydrogens is 392 g/mol. The van der Waals surface area contributed by atoms with E-state index in [4.69, 9.17) is 9.26 Å². The molecule has 0 N–H and O–H groups in total. The fourth-order valence-electron chi connectivity index (χ4n) is 3.61. The highest BCUT2D eigenvalue weighted by Gasteiger charge is 2.38. The van der Waals surface area contributed by atoms with Crippen molar-refractivity contribution in [2.75, 3.05) is 13.7 Å². The standard InChI is InChI=1S/C20H22N4O4S/c1-13-11-19(28-23-13)17-12-21-14(2)22-20(17)18-5-4-10-24(18)29(25,26)16-8-6-15(27-3)7-9-16/h6-9,11-12,18H,4-5,10H2,1-3H3/t18-/m1/s1. The second-order valence-electron chi connectivity index (χ2n) is 7.00. The van der Waals surface area contributed by atoms with Gasteiger partial charge in [-0.15, -0.1) is 0 Å². The Balaban J connectivity index is 1.76. The van der Waals surface area contributed by atoms with Crippen molar-refractivity contribution in [1.29, 1.82) is 0 Å². The van der Waals surface area contributed by atoms with Gasteiger partial charge in [0.1, 0.15) is 11.6 Å². The lowest BCUT2D eigenvalue weighted by molar-refractivity contribution is 0.387. The van der Waals surface area contributed by atoms with Crippen LogP contribution in [-0.2, 0) is 10.0 Å². The Morgan fingerprint density at radius 3 is 2.62 bits per heavy atom. The maximum absolute atomic E-state index is 13.4. The van der Waals surface area contributed by atoms with E-state index in [1.165, 1.54) is 4.31 Å². The number of ether oxygens (including phenoxy) is 1. The zero-order chi connectivity index (χ0) is 20.6. The molecule has 1 aliphatic rings. The Bertz CT molecular complexity index is 1130. The van der Waals surface area contributed by atoms with Gasteiger partial charge in [-0.25, -0.2) is 18.4 Å². The number of rotatable bonds is 5. The number of benzene rings is 1. The van der Waals surface area contributed by atoms with Crippen LogP contribution < -0.4 is 4.74 Å².